The van der Waals surface area contributed by atoms with Crippen LogP contribution in [0.15, 0.2) is 29.3 Å². The van der Waals surface area contributed by atoms with Crippen LogP contribution >= 0.6 is 35.6 Å². The zero-order valence-corrected chi connectivity index (χ0v) is 16.0. The highest BCUT2D eigenvalue weighted by atomic mass is 127. The molecule has 0 aromatic heterocycles. The number of hydrogen-bond acceptors (Lipinski definition) is 1. The predicted molar refractivity (Wildman–Crippen MR) is 99.4 cm³/mol. The first-order valence-corrected chi connectivity index (χ1v) is 6.84. The second-order valence-electron chi connectivity index (χ2n) is 5.77. The molecule has 114 valence electrons. The molecule has 0 aliphatic rings. The van der Waals surface area contributed by atoms with E-state index in [1.807, 2.05) is 37.2 Å². The quantitative estimate of drug-likeness (QED) is 0.467. The van der Waals surface area contributed by atoms with Gasteiger partial charge in [-0.25, -0.2) is 0 Å². The maximum atomic E-state index is 6.02. The number of rotatable bonds is 4. The number of hydrogen-bond donors (Lipinski definition) is 1. The van der Waals surface area contributed by atoms with E-state index in [1.54, 1.807) is 7.05 Å². The van der Waals surface area contributed by atoms with Crippen LogP contribution in [0, 0.1) is 5.41 Å². The van der Waals surface area contributed by atoms with Crippen LogP contribution in [0.25, 0.3) is 0 Å². The summed E-state index contributed by atoms with van der Waals surface area (Å²) in [5.74, 6) is 0.902. The maximum absolute atomic E-state index is 6.02. The third-order valence-electron chi connectivity index (χ3n) is 2.93. The number of guanidine groups is 1. The summed E-state index contributed by atoms with van der Waals surface area (Å²) in [7, 11) is 5.77. The van der Waals surface area contributed by atoms with Crippen molar-refractivity contribution in [3.05, 3.63) is 34.9 Å². The average Bonchev–Trinajstić information content (AvgIpc) is 2.28. The molecule has 0 bridgehead atoms. The summed E-state index contributed by atoms with van der Waals surface area (Å²) < 4.78 is 0. The van der Waals surface area contributed by atoms with Crippen molar-refractivity contribution in [1.29, 1.82) is 0 Å². The Hall–Kier alpha value is -0.490. The highest BCUT2D eigenvalue weighted by Gasteiger charge is 2.19. The molecule has 1 aromatic carbocycles. The molecule has 0 saturated carbocycles. The first-order chi connectivity index (χ1) is 8.84. The van der Waals surface area contributed by atoms with Crippen LogP contribution in [0.1, 0.15) is 19.4 Å². The minimum Gasteiger partial charge on any atom is -0.356 e. The Bertz CT molecular complexity index is 444. The van der Waals surface area contributed by atoms with E-state index >= 15 is 0 Å². The molecule has 0 unspecified atom stereocenters. The van der Waals surface area contributed by atoms with Crippen LogP contribution < -0.4 is 5.32 Å². The minimum absolute atomic E-state index is 0. The fraction of sp³-hybridized carbons (Fsp3) is 0.533. The van der Waals surface area contributed by atoms with Gasteiger partial charge in [-0.15, -0.1) is 24.0 Å². The van der Waals surface area contributed by atoms with E-state index < -0.39 is 0 Å². The average molecular weight is 410 g/mol. The summed E-state index contributed by atoms with van der Waals surface area (Å²) in [5.41, 5.74) is 1.40. The van der Waals surface area contributed by atoms with Gasteiger partial charge >= 0.3 is 0 Å². The molecule has 0 heterocycles. The molecule has 3 nitrogen and oxygen atoms in total. The normalized spacial score (nSPS) is 11.8. The molecule has 0 fully saturated rings. The summed E-state index contributed by atoms with van der Waals surface area (Å²) in [6.45, 7) is 5.35. The molecule has 20 heavy (non-hydrogen) atoms. The van der Waals surface area contributed by atoms with Crippen molar-refractivity contribution in [3.8, 4) is 0 Å². The number of aliphatic imine (C=N–C) groups is 1. The van der Waals surface area contributed by atoms with E-state index in [4.69, 9.17) is 11.6 Å². The lowest BCUT2D eigenvalue weighted by Crippen LogP contribution is -2.41. The van der Waals surface area contributed by atoms with E-state index in [9.17, 15) is 0 Å². The zero-order chi connectivity index (χ0) is 14.5. The van der Waals surface area contributed by atoms with Crippen molar-refractivity contribution in [3.63, 3.8) is 0 Å². The molecule has 1 N–H and O–H groups in total. The molecular formula is C15H25ClIN3. The third-order valence-corrected chi connectivity index (χ3v) is 3.17. The Morgan fingerprint density at radius 2 is 2.00 bits per heavy atom. The minimum atomic E-state index is 0. The first kappa shape index (κ1) is 19.5. The van der Waals surface area contributed by atoms with Crippen LogP contribution in [0.2, 0.25) is 5.02 Å². The van der Waals surface area contributed by atoms with Crippen LogP contribution in [0.3, 0.4) is 0 Å². The summed E-state index contributed by atoms with van der Waals surface area (Å²) >= 11 is 6.02. The summed E-state index contributed by atoms with van der Waals surface area (Å²) in [5, 5.41) is 4.18. The van der Waals surface area contributed by atoms with Gasteiger partial charge in [0.2, 0.25) is 0 Å². The van der Waals surface area contributed by atoms with Crippen LogP contribution in [0.4, 0.5) is 0 Å². The third kappa shape index (κ3) is 6.79. The Kier molecular flexibility index (Phi) is 8.51. The fourth-order valence-electron chi connectivity index (χ4n) is 2.02. The van der Waals surface area contributed by atoms with Gasteiger partial charge in [-0.1, -0.05) is 37.6 Å². The Morgan fingerprint density at radius 3 is 2.50 bits per heavy atom. The lowest BCUT2D eigenvalue weighted by molar-refractivity contribution is 0.354. The molecule has 0 aliphatic carbocycles. The molecule has 1 aromatic rings. The van der Waals surface area contributed by atoms with Gasteiger partial charge in [0.25, 0.3) is 0 Å². The molecule has 5 heteroatoms. The zero-order valence-electron chi connectivity index (χ0n) is 12.9. The van der Waals surface area contributed by atoms with E-state index in [0.717, 1.165) is 23.9 Å². The van der Waals surface area contributed by atoms with Crippen molar-refractivity contribution >= 4 is 41.5 Å². The van der Waals surface area contributed by atoms with E-state index in [2.05, 4.69) is 30.2 Å². The molecule has 0 aliphatic heterocycles. The van der Waals surface area contributed by atoms with Gasteiger partial charge in [0.05, 0.1) is 0 Å². The van der Waals surface area contributed by atoms with Crippen molar-refractivity contribution < 1.29 is 0 Å². The molecule has 0 amide bonds. The van der Waals surface area contributed by atoms with Crippen LogP contribution in [-0.4, -0.2) is 38.5 Å². The molecule has 0 atom stereocenters. The molecule has 0 spiro atoms. The first-order valence-electron chi connectivity index (χ1n) is 6.46. The highest BCUT2D eigenvalue weighted by Crippen LogP contribution is 2.22. The van der Waals surface area contributed by atoms with Gasteiger partial charge in [-0.2, -0.15) is 0 Å². The number of benzene rings is 1. The predicted octanol–water partition coefficient (Wildman–Crippen LogP) is 3.66. The van der Waals surface area contributed by atoms with Gasteiger partial charge in [0, 0.05) is 32.7 Å². The highest BCUT2D eigenvalue weighted by molar-refractivity contribution is 14.0. The Balaban J connectivity index is 0.00000361. The topological polar surface area (TPSA) is 27.6 Å². The van der Waals surface area contributed by atoms with Crippen molar-refractivity contribution in [1.82, 2.24) is 10.2 Å². The van der Waals surface area contributed by atoms with E-state index in [-0.39, 0.29) is 29.4 Å². The Labute approximate surface area is 144 Å². The Morgan fingerprint density at radius 1 is 1.35 bits per heavy atom. The summed E-state index contributed by atoms with van der Waals surface area (Å²) in [6, 6.07) is 8.06. The SMILES string of the molecule is CN=C(NCC(C)(C)Cc1cccc(Cl)c1)N(C)C.I. The van der Waals surface area contributed by atoms with Gasteiger partial charge < -0.3 is 10.2 Å². The van der Waals surface area contributed by atoms with Crippen molar-refractivity contribution in [2.24, 2.45) is 10.4 Å². The number of halogens is 2. The van der Waals surface area contributed by atoms with E-state index in [0.29, 0.717) is 0 Å². The molecule has 1 rings (SSSR count). The lowest BCUT2D eigenvalue weighted by Gasteiger charge is -2.27. The fourth-order valence-corrected chi connectivity index (χ4v) is 2.23. The smallest absolute Gasteiger partial charge is 0.193 e. The second kappa shape index (κ2) is 8.72. The van der Waals surface area contributed by atoms with Gasteiger partial charge in [0.1, 0.15) is 0 Å². The van der Waals surface area contributed by atoms with Crippen molar-refractivity contribution in [2.45, 2.75) is 20.3 Å². The molecule has 0 saturated heterocycles. The summed E-state index contributed by atoms with van der Waals surface area (Å²) in [6.07, 6.45) is 0.977. The van der Waals surface area contributed by atoms with Gasteiger partial charge in [0.15, 0.2) is 5.96 Å². The summed E-state index contributed by atoms with van der Waals surface area (Å²) in [4.78, 5) is 6.20. The number of nitrogens with one attached hydrogen (secondary N) is 1. The largest absolute Gasteiger partial charge is 0.356 e. The van der Waals surface area contributed by atoms with Gasteiger partial charge in [-0.05, 0) is 29.5 Å². The van der Waals surface area contributed by atoms with Crippen molar-refractivity contribution in [2.75, 3.05) is 27.7 Å². The molecule has 0 radical (unpaired) electrons. The standard InChI is InChI=1S/C15H24ClN3.HI/c1-15(2,11-18-14(17-3)19(4)5)10-12-7-6-8-13(16)9-12;/h6-9H,10-11H2,1-5H3,(H,17,18);1H. The van der Waals surface area contributed by atoms with Gasteiger partial charge in [-0.3, -0.25) is 4.99 Å². The lowest BCUT2D eigenvalue weighted by atomic mass is 9.86. The van der Waals surface area contributed by atoms with Crippen LogP contribution in [0.5, 0.6) is 0 Å². The monoisotopic (exact) mass is 409 g/mol. The maximum Gasteiger partial charge on any atom is 0.193 e. The second-order valence-corrected chi connectivity index (χ2v) is 6.20. The van der Waals surface area contributed by atoms with Crippen LogP contribution in [-0.2, 0) is 6.42 Å². The number of nitrogens with zero attached hydrogens (tertiary/aromatic N) is 2. The molecular weight excluding hydrogens is 385 g/mol. The van der Waals surface area contributed by atoms with E-state index in [1.165, 1.54) is 5.56 Å².